The molecule has 0 radical (unpaired) electrons. The summed E-state index contributed by atoms with van der Waals surface area (Å²) in [6.45, 7) is 5.09. The molecule has 0 fully saturated rings. The zero-order valence-corrected chi connectivity index (χ0v) is 7.47. The van der Waals surface area contributed by atoms with Gasteiger partial charge in [-0.2, -0.15) is 0 Å². The molecule has 2 aliphatic heterocycles. The van der Waals surface area contributed by atoms with E-state index in [2.05, 4.69) is 11.5 Å². The average molecular weight is 152 g/mol. The predicted octanol–water partition coefficient (Wildman–Crippen LogP) is 2.05. The summed E-state index contributed by atoms with van der Waals surface area (Å²) in [5.41, 5.74) is 1.77. The number of hydrogen-bond donors (Lipinski definition) is 0. The summed E-state index contributed by atoms with van der Waals surface area (Å²) in [5, 5.41) is 0. The van der Waals surface area contributed by atoms with E-state index < -0.39 is 0 Å². The molecule has 1 heteroatoms. The van der Waals surface area contributed by atoms with Gasteiger partial charge in [-0.25, -0.2) is 4.58 Å². The molecule has 2 heterocycles. The third-order valence-corrected chi connectivity index (χ3v) is 3.15. The highest BCUT2D eigenvalue weighted by Crippen LogP contribution is 2.20. The number of nitrogens with zero attached hydrogens (tertiary/aromatic N) is 1. The number of hydrogen-bond acceptors (Lipinski definition) is 0. The lowest BCUT2D eigenvalue weighted by molar-refractivity contribution is -0.540. The van der Waals surface area contributed by atoms with Crippen molar-refractivity contribution < 1.29 is 4.58 Å². The molecule has 1 unspecified atom stereocenters. The van der Waals surface area contributed by atoms with E-state index >= 15 is 0 Å². The van der Waals surface area contributed by atoms with Crippen molar-refractivity contribution in [2.75, 3.05) is 13.1 Å². The van der Waals surface area contributed by atoms with Gasteiger partial charge in [0.05, 0.1) is 0 Å². The summed E-state index contributed by atoms with van der Waals surface area (Å²) in [6.07, 6.45) is 7.12. The van der Waals surface area contributed by atoms with Crippen molar-refractivity contribution in [3.63, 3.8) is 0 Å². The van der Waals surface area contributed by atoms with Crippen LogP contribution in [-0.4, -0.2) is 23.4 Å². The minimum Gasteiger partial charge on any atom is -0.237 e. The molecule has 11 heavy (non-hydrogen) atoms. The van der Waals surface area contributed by atoms with Gasteiger partial charge in [-0.1, -0.05) is 6.92 Å². The molecular formula is C10H18N+. The van der Waals surface area contributed by atoms with E-state index in [0.717, 1.165) is 5.92 Å². The average Bonchev–Trinajstić information content (AvgIpc) is 2.06. The first-order chi connectivity index (χ1) is 5.38. The second kappa shape index (κ2) is 2.96. The molecule has 0 aliphatic carbocycles. The van der Waals surface area contributed by atoms with Gasteiger partial charge in [-0.15, -0.1) is 0 Å². The topological polar surface area (TPSA) is 3.01 Å². The zero-order chi connectivity index (χ0) is 7.68. The Morgan fingerprint density at radius 1 is 1.18 bits per heavy atom. The molecule has 0 bridgehead atoms. The normalized spacial score (nSPS) is 31.9. The van der Waals surface area contributed by atoms with Crippen molar-refractivity contribution >= 4 is 5.71 Å². The fraction of sp³-hybridized carbons (Fsp3) is 0.900. The van der Waals surface area contributed by atoms with Crippen molar-refractivity contribution in [3.8, 4) is 0 Å². The first kappa shape index (κ1) is 7.33. The molecule has 0 saturated heterocycles. The highest BCUT2D eigenvalue weighted by Gasteiger charge is 2.28. The van der Waals surface area contributed by atoms with Crippen LogP contribution >= 0.6 is 0 Å². The summed E-state index contributed by atoms with van der Waals surface area (Å²) < 4.78 is 2.64. The smallest absolute Gasteiger partial charge is 0.155 e. The highest BCUT2D eigenvalue weighted by atomic mass is 15.0. The third kappa shape index (κ3) is 1.33. The Kier molecular flexibility index (Phi) is 1.97. The van der Waals surface area contributed by atoms with Crippen LogP contribution in [0.3, 0.4) is 0 Å². The molecular weight excluding hydrogens is 134 g/mol. The van der Waals surface area contributed by atoms with Crippen LogP contribution in [0.2, 0.25) is 0 Å². The van der Waals surface area contributed by atoms with Gasteiger partial charge in [-0.05, 0) is 12.8 Å². The third-order valence-electron chi connectivity index (χ3n) is 3.15. The Balaban J connectivity index is 2.21. The van der Waals surface area contributed by atoms with Gasteiger partial charge in [-0.3, -0.25) is 0 Å². The summed E-state index contributed by atoms with van der Waals surface area (Å²) in [6, 6.07) is 0. The second-order valence-electron chi connectivity index (χ2n) is 3.98. The predicted molar refractivity (Wildman–Crippen MR) is 47.3 cm³/mol. The molecule has 2 rings (SSSR count). The molecule has 0 aromatic rings. The molecule has 0 aromatic heterocycles. The minimum absolute atomic E-state index is 0.893. The number of rotatable bonds is 0. The maximum Gasteiger partial charge on any atom is 0.155 e. The van der Waals surface area contributed by atoms with E-state index in [1.807, 2.05) is 0 Å². The fourth-order valence-corrected chi connectivity index (χ4v) is 2.48. The lowest BCUT2D eigenvalue weighted by Gasteiger charge is -2.23. The molecule has 0 spiro atoms. The fourth-order valence-electron chi connectivity index (χ4n) is 2.48. The van der Waals surface area contributed by atoms with Crippen LogP contribution in [0.4, 0.5) is 0 Å². The molecule has 2 aliphatic rings. The molecule has 0 N–H and O–H groups in total. The maximum absolute atomic E-state index is 2.64. The molecule has 1 nitrogen and oxygen atoms in total. The molecule has 62 valence electrons. The Labute approximate surface area is 69.1 Å². The van der Waals surface area contributed by atoms with Gasteiger partial charge in [0, 0.05) is 25.2 Å². The van der Waals surface area contributed by atoms with E-state index in [-0.39, 0.29) is 0 Å². The van der Waals surface area contributed by atoms with E-state index in [9.17, 15) is 0 Å². The van der Waals surface area contributed by atoms with Crippen molar-refractivity contribution in [2.24, 2.45) is 5.92 Å². The van der Waals surface area contributed by atoms with E-state index in [1.165, 1.54) is 45.2 Å². The van der Waals surface area contributed by atoms with Crippen LogP contribution in [0.1, 0.15) is 39.0 Å². The van der Waals surface area contributed by atoms with Crippen LogP contribution in [-0.2, 0) is 0 Å². The Hall–Kier alpha value is -0.330. The van der Waals surface area contributed by atoms with Crippen LogP contribution in [0.5, 0.6) is 0 Å². The van der Waals surface area contributed by atoms with Gasteiger partial charge >= 0.3 is 0 Å². The Morgan fingerprint density at radius 3 is 2.82 bits per heavy atom. The second-order valence-corrected chi connectivity index (χ2v) is 3.98. The summed E-state index contributed by atoms with van der Waals surface area (Å²) in [4.78, 5) is 0. The van der Waals surface area contributed by atoms with E-state index in [1.54, 1.807) is 5.71 Å². The molecule has 0 saturated carbocycles. The monoisotopic (exact) mass is 152 g/mol. The van der Waals surface area contributed by atoms with Crippen molar-refractivity contribution in [2.45, 2.75) is 39.0 Å². The van der Waals surface area contributed by atoms with E-state index in [0.29, 0.717) is 0 Å². The van der Waals surface area contributed by atoms with Crippen LogP contribution in [0.15, 0.2) is 0 Å². The van der Waals surface area contributed by atoms with Gasteiger partial charge in [0.15, 0.2) is 5.71 Å². The SMILES string of the molecule is CC1CCC[N+]2=C1CCCC2. The quantitative estimate of drug-likeness (QED) is 0.467. The lowest BCUT2D eigenvalue weighted by Crippen LogP contribution is -2.35. The van der Waals surface area contributed by atoms with Gasteiger partial charge in [0.25, 0.3) is 0 Å². The van der Waals surface area contributed by atoms with Gasteiger partial charge in [0.1, 0.15) is 13.1 Å². The first-order valence-electron chi connectivity index (χ1n) is 4.98. The molecule has 0 amide bonds. The largest absolute Gasteiger partial charge is 0.237 e. The van der Waals surface area contributed by atoms with Gasteiger partial charge < -0.3 is 0 Å². The van der Waals surface area contributed by atoms with Crippen molar-refractivity contribution in [3.05, 3.63) is 0 Å². The van der Waals surface area contributed by atoms with Gasteiger partial charge in [0.2, 0.25) is 0 Å². The molecule has 1 atom stereocenters. The minimum atomic E-state index is 0.893. The molecule has 0 aromatic carbocycles. The summed E-state index contributed by atoms with van der Waals surface area (Å²) in [7, 11) is 0. The lowest BCUT2D eigenvalue weighted by atomic mass is 9.90. The summed E-state index contributed by atoms with van der Waals surface area (Å²) in [5.74, 6) is 0.893. The highest BCUT2D eigenvalue weighted by molar-refractivity contribution is 5.82. The standard InChI is InChI=1S/C10H18N/c1-9-5-4-8-11-7-3-2-6-10(9)11/h9H,2-8H2,1H3/q+1. The maximum atomic E-state index is 2.64. The van der Waals surface area contributed by atoms with E-state index in [4.69, 9.17) is 0 Å². The van der Waals surface area contributed by atoms with Crippen LogP contribution in [0, 0.1) is 5.92 Å². The zero-order valence-electron chi connectivity index (χ0n) is 7.47. The Bertz CT molecular complexity index is 177. The van der Waals surface area contributed by atoms with Crippen molar-refractivity contribution in [1.29, 1.82) is 0 Å². The van der Waals surface area contributed by atoms with Crippen LogP contribution < -0.4 is 0 Å². The summed E-state index contributed by atoms with van der Waals surface area (Å²) >= 11 is 0. The van der Waals surface area contributed by atoms with Crippen LogP contribution in [0.25, 0.3) is 0 Å². The Morgan fingerprint density at radius 2 is 2.00 bits per heavy atom. The van der Waals surface area contributed by atoms with Crippen molar-refractivity contribution in [1.82, 2.24) is 0 Å². The first-order valence-corrected chi connectivity index (χ1v) is 4.98.